The monoisotopic (exact) mass is 170 g/mol. The number of likely N-dealkylation sites (N-methyl/N-ethyl adjacent to an activating group) is 1. The Labute approximate surface area is 76.7 Å². The van der Waals surface area contributed by atoms with Crippen molar-refractivity contribution < 1.29 is 0 Å². The zero-order chi connectivity index (χ0) is 9.40. The van der Waals surface area contributed by atoms with E-state index in [0.29, 0.717) is 0 Å². The van der Waals surface area contributed by atoms with E-state index in [1.165, 1.54) is 12.8 Å². The Hall–Kier alpha value is -0.370. The van der Waals surface area contributed by atoms with Crippen LogP contribution in [-0.4, -0.2) is 37.3 Å². The van der Waals surface area contributed by atoms with Crippen LogP contribution < -0.4 is 0 Å². The highest BCUT2D eigenvalue weighted by atomic mass is 15.2. The van der Waals surface area contributed by atoms with E-state index in [0.717, 1.165) is 25.7 Å². The highest BCUT2D eigenvalue weighted by molar-refractivity contribution is 5.23. The summed E-state index contributed by atoms with van der Waals surface area (Å²) in [5.74, 6) is 0. The number of rotatable bonds is 7. The lowest BCUT2D eigenvalue weighted by Gasteiger charge is -2.28. The molecule has 0 rings (SSSR count). The standard InChI is InChI=1S/C10H22N2/c1-5-10(6-2)12(7-3)9-8-11-4/h10H,4-9H2,1-3H3. The molecule has 0 heterocycles. The summed E-state index contributed by atoms with van der Waals surface area (Å²) in [5, 5.41) is 0. The molecule has 2 heteroatoms. The Balaban J connectivity index is 3.83. The average molecular weight is 170 g/mol. The predicted octanol–water partition coefficient (Wildman–Crippen LogP) is 2.20. The third kappa shape index (κ3) is 3.86. The summed E-state index contributed by atoms with van der Waals surface area (Å²) in [5.41, 5.74) is 0. The Morgan fingerprint density at radius 1 is 1.25 bits per heavy atom. The molecule has 0 bridgehead atoms. The van der Waals surface area contributed by atoms with E-state index in [1.54, 1.807) is 0 Å². The molecular formula is C10H22N2. The SMILES string of the molecule is C=NCCN(CC)C(CC)CC. The molecule has 2 nitrogen and oxygen atoms in total. The molecule has 0 unspecified atom stereocenters. The highest BCUT2D eigenvalue weighted by Gasteiger charge is 2.11. The summed E-state index contributed by atoms with van der Waals surface area (Å²) in [7, 11) is 0. The third-order valence-corrected chi connectivity index (χ3v) is 2.41. The average Bonchev–Trinajstić information content (AvgIpc) is 2.12. The van der Waals surface area contributed by atoms with Crippen molar-refractivity contribution in [3.63, 3.8) is 0 Å². The topological polar surface area (TPSA) is 15.6 Å². The van der Waals surface area contributed by atoms with E-state index >= 15 is 0 Å². The van der Waals surface area contributed by atoms with Crippen LogP contribution in [0.15, 0.2) is 4.99 Å². The highest BCUT2D eigenvalue weighted by Crippen LogP contribution is 2.07. The van der Waals surface area contributed by atoms with Crippen LogP contribution in [0.2, 0.25) is 0 Å². The maximum atomic E-state index is 3.88. The van der Waals surface area contributed by atoms with Gasteiger partial charge in [-0.3, -0.25) is 9.89 Å². The summed E-state index contributed by atoms with van der Waals surface area (Å²) < 4.78 is 0. The van der Waals surface area contributed by atoms with Gasteiger partial charge in [0.2, 0.25) is 0 Å². The Kier molecular flexibility index (Phi) is 7.06. The molecule has 0 radical (unpaired) electrons. The van der Waals surface area contributed by atoms with Gasteiger partial charge in [-0.05, 0) is 26.1 Å². The molecule has 0 amide bonds. The molecule has 0 aliphatic rings. The van der Waals surface area contributed by atoms with Crippen molar-refractivity contribution in [2.75, 3.05) is 19.6 Å². The van der Waals surface area contributed by atoms with Crippen molar-refractivity contribution in [3.05, 3.63) is 0 Å². The molecule has 0 aromatic rings. The largest absolute Gasteiger partial charge is 0.300 e. The van der Waals surface area contributed by atoms with E-state index in [1.807, 2.05) is 0 Å². The predicted molar refractivity (Wildman–Crippen MR) is 56.0 cm³/mol. The zero-order valence-electron chi connectivity index (χ0n) is 8.71. The lowest BCUT2D eigenvalue weighted by Crippen LogP contribution is -2.36. The summed E-state index contributed by atoms with van der Waals surface area (Å²) in [6.45, 7) is 13.3. The zero-order valence-corrected chi connectivity index (χ0v) is 8.71. The van der Waals surface area contributed by atoms with Gasteiger partial charge in [-0.25, -0.2) is 0 Å². The molecule has 0 aliphatic carbocycles. The van der Waals surface area contributed by atoms with Gasteiger partial charge in [0.1, 0.15) is 0 Å². The minimum absolute atomic E-state index is 0.733. The van der Waals surface area contributed by atoms with Crippen LogP contribution in [0.3, 0.4) is 0 Å². The summed E-state index contributed by atoms with van der Waals surface area (Å²) in [6, 6.07) is 0.733. The van der Waals surface area contributed by atoms with Gasteiger partial charge in [0.15, 0.2) is 0 Å². The molecule has 0 spiro atoms. The smallest absolute Gasteiger partial charge is 0.0509 e. The minimum Gasteiger partial charge on any atom is -0.300 e. The van der Waals surface area contributed by atoms with Crippen molar-refractivity contribution in [1.82, 2.24) is 4.90 Å². The molecule has 0 atom stereocenters. The van der Waals surface area contributed by atoms with Crippen molar-refractivity contribution in [1.29, 1.82) is 0 Å². The molecule has 0 aromatic heterocycles. The van der Waals surface area contributed by atoms with E-state index in [2.05, 4.69) is 37.4 Å². The quantitative estimate of drug-likeness (QED) is 0.535. The molecular weight excluding hydrogens is 148 g/mol. The Bertz CT molecular complexity index is 108. The molecule has 12 heavy (non-hydrogen) atoms. The van der Waals surface area contributed by atoms with Crippen molar-refractivity contribution in [3.8, 4) is 0 Å². The van der Waals surface area contributed by atoms with Crippen LogP contribution in [0, 0.1) is 0 Å². The Morgan fingerprint density at radius 2 is 1.83 bits per heavy atom. The molecule has 0 saturated heterocycles. The second-order valence-corrected chi connectivity index (χ2v) is 3.05. The lowest BCUT2D eigenvalue weighted by molar-refractivity contribution is 0.201. The van der Waals surface area contributed by atoms with E-state index in [-0.39, 0.29) is 0 Å². The third-order valence-electron chi connectivity index (χ3n) is 2.41. The van der Waals surface area contributed by atoms with Gasteiger partial charge < -0.3 is 0 Å². The second kappa shape index (κ2) is 7.29. The maximum Gasteiger partial charge on any atom is 0.0509 e. The van der Waals surface area contributed by atoms with Gasteiger partial charge in [0.05, 0.1) is 6.54 Å². The first-order chi connectivity index (χ1) is 5.79. The first kappa shape index (κ1) is 11.6. The van der Waals surface area contributed by atoms with Crippen LogP contribution in [0.1, 0.15) is 33.6 Å². The first-order valence-electron chi connectivity index (χ1n) is 4.96. The van der Waals surface area contributed by atoms with E-state index < -0.39 is 0 Å². The van der Waals surface area contributed by atoms with Gasteiger partial charge in [0, 0.05) is 12.6 Å². The summed E-state index contributed by atoms with van der Waals surface area (Å²) in [6.07, 6.45) is 2.48. The van der Waals surface area contributed by atoms with Crippen LogP contribution in [0.25, 0.3) is 0 Å². The van der Waals surface area contributed by atoms with Crippen LogP contribution in [0.4, 0.5) is 0 Å². The molecule has 0 N–H and O–H groups in total. The summed E-state index contributed by atoms with van der Waals surface area (Å²) in [4.78, 5) is 6.36. The minimum atomic E-state index is 0.733. The molecule has 0 saturated carbocycles. The fraction of sp³-hybridized carbons (Fsp3) is 0.900. The number of hydrogen-bond donors (Lipinski definition) is 0. The first-order valence-corrected chi connectivity index (χ1v) is 4.96. The molecule has 72 valence electrons. The van der Waals surface area contributed by atoms with Gasteiger partial charge >= 0.3 is 0 Å². The number of hydrogen-bond acceptors (Lipinski definition) is 2. The molecule has 0 aliphatic heterocycles. The molecule has 0 aromatic carbocycles. The number of aliphatic imine (C=N–C) groups is 1. The van der Waals surface area contributed by atoms with Crippen LogP contribution in [-0.2, 0) is 0 Å². The van der Waals surface area contributed by atoms with Gasteiger partial charge in [0.25, 0.3) is 0 Å². The second-order valence-electron chi connectivity index (χ2n) is 3.05. The Morgan fingerprint density at radius 3 is 2.17 bits per heavy atom. The van der Waals surface area contributed by atoms with Crippen molar-refractivity contribution in [2.24, 2.45) is 4.99 Å². The number of nitrogens with zero attached hydrogens (tertiary/aromatic N) is 2. The molecule has 0 fully saturated rings. The van der Waals surface area contributed by atoms with E-state index in [9.17, 15) is 0 Å². The maximum absolute atomic E-state index is 3.88. The van der Waals surface area contributed by atoms with Crippen LogP contribution >= 0.6 is 0 Å². The fourth-order valence-corrected chi connectivity index (χ4v) is 1.60. The summed E-state index contributed by atoms with van der Waals surface area (Å²) >= 11 is 0. The fourth-order valence-electron chi connectivity index (χ4n) is 1.60. The normalized spacial score (nSPS) is 11.1. The van der Waals surface area contributed by atoms with Gasteiger partial charge in [-0.15, -0.1) is 0 Å². The van der Waals surface area contributed by atoms with Gasteiger partial charge in [-0.2, -0.15) is 0 Å². The van der Waals surface area contributed by atoms with Crippen molar-refractivity contribution >= 4 is 6.72 Å². The van der Waals surface area contributed by atoms with E-state index in [4.69, 9.17) is 0 Å². The van der Waals surface area contributed by atoms with Crippen LogP contribution in [0.5, 0.6) is 0 Å². The van der Waals surface area contributed by atoms with Crippen molar-refractivity contribution in [2.45, 2.75) is 39.7 Å². The lowest BCUT2D eigenvalue weighted by atomic mass is 10.1. The van der Waals surface area contributed by atoms with Gasteiger partial charge in [-0.1, -0.05) is 20.8 Å².